The Morgan fingerprint density at radius 3 is 2.58 bits per heavy atom. The van der Waals surface area contributed by atoms with Crippen LogP contribution < -0.4 is 15.4 Å². The highest BCUT2D eigenvalue weighted by atomic mass is 35.5. The molecule has 1 aliphatic heterocycles. The number of piperidine rings is 1. The quantitative estimate of drug-likeness (QED) is 0.838. The van der Waals surface area contributed by atoms with E-state index in [0.29, 0.717) is 11.3 Å². The third-order valence-electron chi connectivity index (χ3n) is 4.32. The first-order valence-corrected chi connectivity index (χ1v) is 8.30. The van der Waals surface area contributed by atoms with Crippen LogP contribution in [-0.4, -0.2) is 24.5 Å². The average molecular weight is 383 g/mol. The van der Waals surface area contributed by atoms with E-state index in [1.807, 2.05) is 0 Å². The molecule has 1 fully saturated rings. The highest BCUT2D eigenvalue weighted by Gasteiger charge is 2.22. The lowest BCUT2D eigenvalue weighted by atomic mass is 9.99. The summed E-state index contributed by atoms with van der Waals surface area (Å²) in [6, 6.07) is 9.85. The van der Waals surface area contributed by atoms with Crippen molar-refractivity contribution in [2.24, 2.45) is 0 Å². The molecule has 3 rings (SSSR count). The lowest BCUT2D eigenvalue weighted by Crippen LogP contribution is -2.51. The van der Waals surface area contributed by atoms with Crippen molar-refractivity contribution in [2.75, 3.05) is 6.54 Å². The zero-order valence-corrected chi connectivity index (χ0v) is 15.1. The molecule has 2 atom stereocenters. The maximum absolute atomic E-state index is 13.6. The standard InChI is InChI=1S/C19H20F2N2O2.ClH/c1-12-17(3-2-10-22-12)23-19(24)13-4-7-15(8-5-13)25-18-9-6-14(20)11-16(18)21;/h4-9,11-12,17,22H,2-3,10H2,1H3,(H,23,24);1H. The van der Waals surface area contributed by atoms with Gasteiger partial charge in [0.05, 0.1) is 0 Å². The van der Waals surface area contributed by atoms with Crippen LogP contribution in [0.4, 0.5) is 8.78 Å². The Hall–Kier alpha value is -2.18. The maximum atomic E-state index is 13.6. The molecule has 26 heavy (non-hydrogen) atoms. The summed E-state index contributed by atoms with van der Waals surface area (Å²) in [6.45, 7) is 3.03. The third kappa shape index (κ3) is 4.93. The van der Waals surface area contributed by atoms with Gasteiger partial charge in [-0.2, -0.15) is 0 Å². The Bertz CT molecular complexity index is 756. The predicted octanol–water partition coefficient (Wildman–Crippen LogP) is 4.05. The lowest BCUT2D eigenvalue weighted by molar-refractivity contribution is 0.0920. The van der Waals surface area contributed by atoms with Crippen molar-refractivity contribution >= 4 is 18.3 Å². The first-order valence-electron chi connectivity index (χ1n) is 8.30. The first-order chi connectivity index (χ1) is 12.0. The molecular formula is C19H21ClF2N2O2. The van der Waals surface area contributed by atoms with E-state index in [2.05, 4.69) is 17.6 Å². The highest BCUT2D eigenvalue weighted by molar-refractivity contribution is 5.94. The molecule has 1 saturated heterocycles. The van der Waals surface area contributed by atoms with Crippen molar-refractivity contribution in [1.29, 1.82) is 0 Å². The predicted molar refractivity (Wildman–Crippen MR) is 98.1 cm³/mol. The minimum Gasteiger partial charge on any atom is -0.454 e. The van der Waals surface area contributed by atoms with Gasteiger partial charge in [-0.3, -0.25) is 4.79 Å². The Labute approximate surface area is 157 Å². The molecule has 0 aromatic heterocycles. The van der Waals surface area contributed by atoms with Crippen LogP contribution in [0, 0.1) is 11.6 Å². The topological polar surface area (TPSA) is 50.4 Å². The van der Waals surface area contributed by atoms with Crippen LogP contribution in [0.3, 0.4) is 0 Å². The van der Waals surface area contributed by atoms with Crippen molar-refractivity contribution < 1.29 is 18.3 Å². The highest BCUT2D eigenvalue weighted by Crippen LogP contribution is 2.25. The molecule has 2 aromatic carbocycles. The Morgan fingerprint density at radius 2 is 1.92 bits per heavy atom. The number of benzene rings is 2. The van der Waals surface area contributed by atoms with Gasteiger partial charge in [-0.15, -0.1) is 12.4 Å². The van der Waals surface area contributed by atoms with Gasteiger partial charge in [0.2, 0.25) is 0 Å². The monoisotopic (exact) mass is 382 g/mol. The normalized spacial score (nSPS) is 19.3. The van der Waals surface area contributed by atoms with Crippen LogP contribution in [0.2, 0.25) is 0 Å². The second-order valence-electron chi connectivity index (χ2n) is 6.17. The van der Waals surface area contributed by atoms with E-state index in [0.717, 1.165) is 31.5 Å². The number of hydrogen-bond acceptors (Lipinski definition) is 3. The van der Waals surface area contributed by atoms with E-state index < -0.39 is 11.6 Å². The second-order valence-corrected chi connectivity index (χ2v) is 6.17. The maximum Gasteiger partial charge on any atom is 0.251 e. The molecule has 0 aliphatic carbocycles. The summed E-state index contributed by atoms with van der Waals surface area (Å²) in [4.78, 5) is 12.3. The van der Waals surface area contributed by atoms with Crippen molar-refractivity contribution in [3.05, 3.63) is 59.7 Å². The molecule has 4 nitrogen and oxygen atoms in total. The lowest BCUT2D eigenvalue weighted by Gasteiger charge is -2.30. The molecular weight excluding hydrogens is 362 g/mol. The molecule has 1 heterocycles. The van der Waals surface area contributed by atoms with Crippen molar-refractivity contribution in [1.82, 2.24) is 10.6 Å². The summed E-state index contributed by atoms with van der Waals surface area (Å²) in [6.07, 6.45) is 1.98. The number of amides is 1. The molecule has 2 unspecified atom stereocenters. The largest absolute Gasteiger partial charge is 0.454 e. The van der Waals surface area contributed by atoms with E-state index in [-0.39, 0.29) is 36.1 Å². The molecule has 1 aliphatic rings. The van der Waals surface area contributed by atoms with Crippen LogP contribution in [0.25, 0.3) is 0 Å². The number of halogens is 3. The molecule has 2 N–H and O–H groups in total. The van der Waals surface area contributed by atoms with Crippen LogP contribution in [-0.2, 0) is 0 Å². The van der Waals surface area contributed by atoms with Crippen molar-refractivity contribution in [3.63, 3.8) is 0 Å². The average Bonchev–Trinajstić information content (AvgIpc) is 2.60. The smallest absolute Gasteiger partial charge is 0.251 e. The number of nitrogens with one attached hydrogen (secondary N) is 2. The van der Waals surface area contributed by atoms with Crippen LogP contribution in [0.5, 0.6) is 11.5 Å². The fraction of sp³-hybridized carbons (Fsp3) is 0.316. The van der Waals surface area contributed by atoms with Crippen LogP contribution in [0.15, 0.2) is 42.5 Å². The zero-order valence-electron chi connectivity index (χ0n) is 14.3. The Kier molecular flexibility index (Phi) is 6.94. The van der Waals surface area contributed by atoms with Gasteiger partial charge in [-0.25, -0.2) is 8.78 Å². The number of carbonyl (C=O) groups is 1. The van der Waals surface area contributed by atoms with E-state index in [4.69, 9.17) is 4.74 Å². The summed E-state index contributed by atoms with van der Waals surface area (Å²) in [5.74, 6) is -1.29. The van der Waals surface area contributed by atoms with Crippen molar-refractivity contribution in [3.8, 4) is 11.5 Å². The van der Waals surface area contributed by atoms with Gasteiger partial charge in [0, 0.05) is 23.7 Å². The summed E-state index contributed by atoms with van der Waals surface area (Å²) >= 11 is 0. The first kappa shape index (κ1) is 20.1. The summed E-state index contributed by atoms with van der Waals surface area (Å²) in [5.41, 5.74) is 0.504. The van der Waals surface area contributed by atoms with Gasteiger partial charge in [0.15, 0.2) is 11.6 Å². The molecule has 0 spiro atoms. The summed E-state index contributed by atoms with van der Waals surface area (Å²) in [5, 5.41) is 6.36. The molecule has 1 amide bonds. The second kappa shape index (κ2) is 8.96. The number of ether oxygens (including phenoxy) is 1. The zero-order chi connectivity index (χ0) is 17.8. The molecule has 140 valence electrons. The van der Waals surface area contributed by atoms with E-state index >= 15 is 0 Å². The molecule has 7 heteroatoms. The van der Waals surface area contributed by atoms with E-state index in [1.165, 1.54) is 6.07 Å². The summed E-state index contributed by atoms with van der Waals surface area (Å²) in [7, 11) is 0. The number of hydrogen-bond donors (Lipinski definition) is 2. The summed E-state index contributed by atoms with van der Waals surface area (Å²) < 4.78 is 31.9. The number of rotatable bonds is 4. The number of carbonyl (C=O) groups excluding carboxylic acids is 1. The molecule has 0 saturated carbocycles. The van der Waals surface area contributed by atoms with Crippen LogP contribution >= 0.6 is 12.4 Å². The molecule has 2 aromatic rings. The van der Waals surface area contributed by atoms with Gasteiger partial charge in [-0.1, -0.05) is 0 Å². The fourth-order valence-corrected chi connectivity index (χ4v) is 2.85. The minimum absolute atomic E-state index is 0. The van der Waals surface area contributed by atoms with Crippen molar-refractivity contribution in [2.45, 2.75) is 31.8 Å². The fourth-order valence-electron chi connectivity index (χ4n) is 2.85. The SMILES string of the molecule is CC1NCCCC1NC(=O)c1ccc(Oc2ccc(F)cc2F)cc1.Cl. The van der Waals surface area contributed by atoms with Crippen LogP contribution in [0.1, 0.15) is 30.1 Å². The molecule has 0 radical (unpaired) electrons. The van der Waals surface area contributed by atoms with E-state index in [1.54, 1.807) is 24.3 Å². The van der Waals surface area contributed by atoms with Gasteiger partial charge in [0.1, 0.15) is 11.6 Å². The van der Waals surface area contributed by atoms with E-state index in [9.17, 15) is 13.6 Å². The van der Waals surface area contributed by atoms with Gasteiger partial charge in [0.25, 0.3) is 5.91 Å². The minimum atomic E-state index is -0.777. The van der Waals surface area contributed by atoms with Gasteiger partial charge in [-0.05, 0) is 62.7 Å². The third-order valence-corrected chi connectivity index (χ3v) is 4.32. The van der Waals surface area contributed by atoms with Gasteiger partial charge < -0.3 is 15.4 Å². The van der Waals surface area contributed by atoms with Gasteiger partial charge >= 0.3 is 0 Å². The Balaban J connectivity index is 0.00000243. The Morgan fingerprint density at radius 1 is 1.19 bits per heavy atom. The molecule has 0 bridgehead atoms.